The number of nitrogens with one attached hydrogen (secondary N) is 1. The van der Waals surface area contributed by atoms with Crippen molar-refractivity contribution in [3.63, 3.8) is 0 Å². The van der Waals surface area contributed by atoms with Crippen molar-refractivity contribution in [1.82, 2.24) is 10.2 Å². The second-order valence-electron chi connectivity index (χ2n) is 5.41. The second-order valence-corrected chi connectivity index (χ2v) is 5.41. The van der Waals surface area contributed by atoms with Crippen LogP contribution in [0.1, 0.15) is 33.6 Å². The number of carbonyl (C=O) groups excluding carboxylic acids is 1. The molecule has 1 N–H and O–H groups in total. The van der Waals surface area contributed by atoms with Crippen molar-refractivity contribution in [2.24, 2.45) is 0 Å². The number of amides is 1. The molecule has 0 aromatic rings. The van der Waals surface area contributed by atoms with Crippen molar-refractivity contribution in [3.05, 3.63) is 11.6 Å². The summed E-state index contributed by atoms with van der Waals surface area (Å²) >= 11 is 0. The largest absolute Gasteiger partial charge is 0.444 e. The van der Waals surface area contributed by atoms with Gasteiger partial charge in [-0.2, -0.15) is 0 Å². The summed E-state index contributed by atoms with van der Waals surface area (Å²) in [6, 6.07) is 0. The highest BCUT2D eigenvalue weighted by atomic mass is 16.6. The van der Waals surface area contributed by atoms with Crippen LogP contribution in [-0.4, -0.2) is 43.3 Å². The molecule has 1 aliphatic heterocycles. The average molecular weight is 240 g/mol. The molecule has 4 nitrogen and oxygen atoms in total. The quantitative estimate of drug-likeness (QED) is 0.769. The predicted molar refractivity (Wildman–Crippen MR) is 69.1 cm³/mol. The molecule has 1 heterocycles. The Labute approximate surface area is 104 Å². The molecule has 98 valence electrons. The molecule has 0 saturated carbocycles. The SMILES string of the molecule is CNCCC1=CCCN(C(=O)OC(C)(C)C)C1. The van der Waals surface area contributed by atoms with Crippen molar-refractivity contribution in [1.29, 1.82) is 0 Å². The Morgan fingerprint density at radius 1 is 1.53 bits per heavy atom. The van der Waals surface area contributed by atoms with E-state index < -0.39 is 5.60 Å². The molecule has 4 heteroatoms. The van der Waals surface area contributed by atoms with Gasteiger partial charge in [-0.15, -0.1) is 0 Å². The van der Waals surface area contributed by atoms with Crippen molar-refractivity contribution in [2.75, 3.05) is 26.7 Å². The Bertz CT molecular complexity index is 292. The molecule has 1 amide bonds. The second kappa shape index (κ2) is 6.05. The van der Waals surface area contributed by atoms with E-state index in [2.05, 4.69) is 11.4 Å². The Balaban J connectivity index is 2.46. The first-order valence-corrected chi connectivity index (χ1v) is 6.23. The molecule has 1 aliphatic rings. The Morgan fingerprint density at radius 3 is 2.82 bits per heavy atom. The van der Waals surface area contributed by atoms with E-state index in [1.807, 2.05) is 27.8 Å². The minimum absolute atomic E-state index is 0.201. The molecule has 0 aromatic carbocycles. The fraction of sp³-hybridized carbons (Fsp3) is 0.769. The van der Waals surface area contributed by atoms with E-state index in [0.717, 1.165) is 25.9 Å². The van der Waals surface area contributed by atoms with Crippen LogP contribution in [0.5, 0.6) is 0 Å². The van der Waals surface area contributed by atoms with Crippen LogP contribution in [0.3, 0.4) is 0 Å². The van der Waals surface area contributed by atoms with Crippen LogP contribution in [0.25, 0.3) is 0 Å². The molecule has 17 heavy (non-hydrogen) atoms. The number of hydrogen-bond donors (Lipinski definition) is 1. The van der Waals surface area contributed by atoms with Gasteiger partial charge in [0.15, 0.2) is 0 Å². The van der Waals surface area contributed by atoms with Crippen molar-refractivity contribution < 1.29 is 9.53 Å². The zero-order chi connectivity index (χ0) is 12.9. The lowest BCUT2D eigenvalue weighted by Gasteiger charge is -2.30. The first-order valence-electron chi connectivity index (χ1n) is 6.23. The van der Waals surface area contributed by atoms with Gasteiger partial charge in [0.2, 0.25) is 0 Å². The maximum Gasteiger partial charge on any atom is 0.410 e. The summed E-state index contributed by atoms with van der Waals surface area (Å²) in [5.41, 5.74) is 0.903. The third kappa shape index (κ3) is 5.22. The number of carbonyl (C=O) groups is 1. The summed E-state index contributed by atoms with van der Waals surface area (Å²) in [7, 11) is 1.94. The van der Waals surface area contributed by atoms with Gasteiger partial charge in [0.25, 0.3) is 0 Å². The molecule has 0 spiro atoms. The van der Waals surface area contributed by atoms with Gasteiger partial charge in [0, 0.05) is 13.1 Å². The lowest BCUT2D eigenvalue weighted by Crippen LogP contribution is -2.40. The first-order chi connectivity index (χ1) is 7.92. The van der Waals surface area contributed by atoms with E-state index >= 15 is 0 Å². The minimum Gasteiger partial charge on any atom is -0.444 e. The lowest BCUT2D eigenvalue weighted by atomic mass is 10.1. The van der Waals surface area contributed by atoms with Gasteiger partial charge in [-0.3, -0.25) is 0 Å². The van der Waals surface area contributed by atoms with Gasteiger partial charge in [0.05, 0.1) is 0 Å². The van der Waals surface area contributed by atoms with Gasteiger partial charge in [0.1, 0.15) is 5.60 Å². The Kier molecular flexibility index (Phi) is 5.00. The summed E-state index contributed by atoms with van der Waals surface area (Å²) in [5, 5.41) is 3.12. The first kappa shape index (κ1) is 14.0. The van der Waals surface area contributed by atoms with E-state index in [1.165, 1.54) is 5.57 Å². The molecule has 0 unspecified atom stereocenters. The van der Waals surface area contributed by atoms with Gasteiger partial charge >= 0.3 is 6.09 Å². The standard InChI is InChI=1S/C13H24N2O2/c1-13(2,3)17-12(16)15-9-5-6-11(10-15)7-8-14-4/h6,14H,5,7-10H2,1-4H3. The van der Waals surface area contributed by atoms with Crippen LogP contribution in [0.2, 0.25) is 0 Å². The zero-order valence-electron chi connectivity index (χ0n) is 11.4. The molecule has 0 radical (unpaired) electrons. The molecular weight excluding hydrogens is 216 g/mol. The fourth-order valence-electron chi connectivity index (χ4n) is 1.76. The van der Waals surface area contributed by atoms with Crippen LogP contribution >= 0.6 is 0 Å². The molecule has 0 atom stereocenters. The number of nitrogens with zero attached hydrogens (tertiary/aromatic N) is 1. The van der Waals surface area contributed by atoms with Crippen LogP contribution in [0.4, 0.5) is 4.79 Å². The van der Waals surface area contributed by atoms with E-state index in [1.54, 1.807) is 4.90 Å². The van der Waals surface area contributed by atoms with Crippen LogP contribution in [0.15, 0.2) is 11.6 Å². The maximum atomic E-state index is 11.9. The van der Waals surface area contributed by atoms with Crippen molar-refractivity contribution in [2.45, 2.75) is 39.2 Å². The molecule has 1 rings (SSSR count). The maximum absolute atomic E-state index is 11.9. The predicted octanol–water partition coefficient (Wildman–Crippen LogP) is 2.16. The molecular formula is C13H24N2O2. The zero-order valence-corrected chi connectivity index (χ0v) is 11.4. The average Bonchev–Trinajstić information content (AvgIpc) is 2.24. The third-order valence-electron chi connectivity index (χ3n) is 2.57. The van der Waals surface area contributed by atoms with E-state index in [9.17, 15) is 4.79 Å². The van der Waals surface area contributed by atoms with Gasteiger partial charge in [-0.25, -0.2) is 4.79 Å². The Hall–Kier alpha value is -1.03. The molecule has 0 bridgehead atoms. The Morgan fingerprint density at radius 2 is 2.24 bits per heavy atom. The number of rotatable bonds is 3. The number of hydrogen-bond acceptors (Lipinski definition) is 3. The van der Waals surface area contributed by atoms with E-state index in [-0.39, 0.29) is 6.09 Å². The smallest absolute Gasteiger partial charge is 0.410 e. The summed E-state index contributed by atoms with van der Waals surface area (Å²) in [5.74, 6) is 0. The summed E-state index contributed by atoms with van der Waals surface area (Å²) in [4.78, 5) is 13.7. The highest BCUT2D eigenvalue weighted by Crippen LogP contribution is 2.16. The number of ether oxygens (including phenoxy) is 1. The highest BCUT2D eigenvalue weighted by Gasteiger charge is 2.23. The molecule has 0 fully saturated rings. The summed E-state index contributed by atoms with van der Waals surface area (Å²) < 4.78 is 5.37. The fourth-order valence-corrected chi connectivity index (χ4v) is 1.76. The van der Waals surface area contributed by atoms with E-state index in [0.29, 0.717) is 6.54 Å². The normalized spacial score (nSPS) is 16.7. The van der Waals surface area contributed by atoms with Crippen molar-refractivity contribution >= 4 is 6.09 Å². The lowest BCUT2D eigenvalue weighted by molar-refractivity contribution is 0.0261. The third-order valence-corrected chi connectivity index (χ3v) is 2.57. The van der Waals surface area contributed by atoms with E-state index in [4.69, 9.17) is 4.74 Å². The van der Waals surface area contributed by atoms with Gasteiger partial charge in [-0.1, -0.05) is 11.6 Å². The molecule has 0 aliphatic carbocycles. The molecule has 0 aromatic heterocycles. The monoisotopic (exact) mass is 240 g/mol. The summed E-state index contributed by atoms with van der Waals surface area (Å²) in [6.45, 7) is 8.11. The van der Waals surface area contributed by atoms with Gasteiger partial charge in [-0.05, 0) is 47.2 Å². The summed E-state index contributed by atoms with van der Waals surface area (Å²) in [6.07, 6.45) is 3.96. The minimum atomic E-state index is -0.413. The highest BCUT2D eigenvalue weighted by molar-refractivity contribution is 5.68. The van der Waals surface area contributed by atoms with Crippen molar-refractivity contribution in [3.8, 4) is 0 Å². The topological polar surface area (TPSA) is 41.6 Å². The van der Waals surface area contributed by atoms with Gasteiger partial charge < -0.3 is 15.0 Å². The molecule has 0 saturated heterocycles. The van der Waals surface area contributed by atoms with Crippen LogP contribution < -0.4 is 5.32 Å². The van der Waals surface area contributed by atoms with Crippen LogP contribution in [0, 0.1) is 0 Å². The van der Waals surface area contributed by atoms with Crippen LogP contribution in [-0.2, 0) is 4.74 Å².